The maximum absolute atomic E-state index is 10.2. The highest BCUT2D eigenvalue weighted by Crippen LogP contribution is 2.38. The molecule has 1 heterocycles. The van der Waals surface area contributed by atoms with E-state index in [0.717, 1.165) is 31.5 Å². The van der Waals surface area contributed by atoms with E-state index in [9.17, 15) is 5.11 Å². The Morgan fingerprint density at radius 1 is 1.35 bits per heavy atom. The van der Waals surface area contributed by atoms with Crippen LogP contribution >= 0.6 is 0 Å². The molecule has 1 fully saturated rings. The number of phenolic OH excluding ortho intramolecular Hbond substituents is 1. The van der Waals surface area contributed by atoms with Crippen LogP contribution in [0, 0.1) is 11.3 Å². The Bertz CT molecular complexity index is 465. The van der Waals surface area contributed by atoms with Crippen molar-refractivity contribution in [1.29, 1.82) is 0 Å². The van der Waals surface area contributed by atoms with Crippen LogP contribution in [0.1, 0.15) is 44.4 Å². The standard InChI is InChI=1S/C17H28N2O/c1-17(2,3)9-12-5-6-16(20)14(7-12)15-8-13(10-18)11-19(15)4/h5-7,13,15,20H,8-11,18H2,1-4H3. The van der Waals surface area contributed by atoms with E-state index < -0.39 is 0 Å². The first-order valence-corrected chi connectivity index (χ1v) is 7.52. The van der Waals surface area contributed by atoms with Crippen LogP contribution in [0.5, 0.6) is 5.75 Å². The highest BCUT2D eigenvalue weighted by Gasteiger charge is 2.31. The zero-order valence-electron chi connectivity index (χ0n) is 13.2. The summed E-state index contributed by atoms with van der Waals surface area (Å²) in [6, 6.07) is 6.36. The highest BCUT2D eigenvalue weighted by molar-refractivity contribution is 5.39. The summed E-state index contributed by atoms with van der Waals surface area (Å²) in [4.78, 5) is 2.31. The molecule has 1 aromatic rings. The van der Waals surface area contributed by atoms with Gasteiger partial charge in [0.2, 0.25) is 0 Å². The second kappa shape index (κ2) is 5.74. The summed E-state index contributed by atoms with van der Waals surface area (Å²) in [5.74, 6) is 0.952. The summed E-state index contributed by atoms with van der Waals surface area (Å²) in [5, 5.41) is 10.2. The number of rotatable bonds is 3. The van der Waals surface area contributed by atoms with E-state index >= 15 is 0 Å². The summed E-state index contributed by atoms with van der Waals surface area (Å²) in [5.41, 5.74) is 8.42. The van der Waals surface area contributed by atoms with Crippen LogP contribution in [0.15, 0.2) is 18.2 Å². The van der Waals surface area contributed by atoms with Crippen molar-refractivity contribution in [3.63, 3.8) is 0 Å². The number of nitrogens with zero attached hydrogens (tertiary/aromatic N) is 1. The molecule has 1 aromatic carbocycles. The summed E-state index contributed by atoms with van der Waals surface area (Å²) >= 11 is 0. The van der Waals surface area contributed by atoms with Gasteiger partial charge in [-0.3, -0.25) is 4.90 Å². The monoisotopic (exact) mass is 276 g/mol. The zero-order chi connectivity index (χ0) is 14.9. The van der Waals surface area contributed by atoms with Gasteiger partial charge in [-0.05, 0) is 49.4 Å². The molecule has 2 rings (SSSR count). The Hall–Kier alpha value is -1.06. The number of nitrogens with two attached hydrogens (primary N) is 1. The van der Waals surface area contributed by atoms with Crippen LogP contribution in [0.2, 0.25) is 0 Å². The SMILES string of the molecule is CN1CC(CN)CC1c1cc(CC(C)(C)C)ccc1O. The van der Waals surface area contributed by atoms with Gasteiger partial charge < -0.3 is 10.8 Å². The number of aromatic hydroxyl groups is 1. The van der Waals surface area contributed by atoms with Gasteiger partial charge in [0.25, 0.3) is 0 Å². The van der Waals surface area contributed by atoms with E-state index in [0.29, 0.717) is 17.7 Å². The van der Waals surface area contributed by atoms with Crippen LogP contribution in [0.3, 0.4) is 0 Å². The third kappa shape index (κ3) is 3.53. The van der Waals surface area contributed by atoms with E-state index in [1.165, 1.54) is 5.56 Å². The van der Waals surface area contributed by atoms with Gasteiger partial charge in [0.05, 0.1) is 0 Å². The number of likely N-dealkylation sites (tertiary alicyclic amines) is 1. The van der Waals surface area contributed by atoms with Crippen molar-refractivity contribution >= 4 is 0 Å². The fourth-order valence-corrected chi connectivity index (χ4v) is 3.23. The van der Waals surface area contributed by atoms with Gasteiger partial charge >= 0.3 is 0 Å². The quantitative estimate of drug-likeness (QED) is 0.892. The van der Waals surface area contributed by atoms with Gasteiger partial charge in [-0.15, -0.1) is 0 Å². The van der Waals surface area contributed by atoms with Crippen LogP contribution in [-0.2, 0) is 6.42 Å². The van der Waals surface area contributed by atoms with E-state index in [1.54, 1.807) is 0 Å². The molecule has 0 spiro atoms. The minimum atomic E-state index is 0.260. The van der Waals surface area contributed by atoms with E-state index in [4.69, 9.17) is 5.73 Å². The lowest BCUT2D eigenvalue weighted by Gasteiger charge is -2.23. The summed E-state index contributed by atoms with van der Waals surface area (Å²) in [6.07, 6.45) is 2.07. The molecule has 1 aliphatic heterocycles. The largest absolute Gasteiger partial charge is 0.508 e. The van der Waals surface area contributed by atoms with Gasteiger partial charge in [0, 0.05) is 18.2 Å². The van der Waals surface area contributed by atoms with Crippen LogP contribution < -0.4 is 5.73 Å². The molecule has 112 valence electrons. The summed E-state index contributed by atoms with van der Waals surface area (Å²) in [6.45, 7) is 8.47. The molecule has 0 saturated carbocycles. The molecule has 0 aliphatic carbocycles. The molecule has 0 aromatic heterocycles. The van der Waals surface area contributed by atoms with Crippen molar-refractivity contribution in [1.82, 2.24) is 4.90 Å². The lowest BCUT2D eigenvalue weighted by molar-refractivity contribution is 0.305. The Labute approximate surface area is 122 Å². The summed E-state index contributed by atoms with van der Waals surface area (Å²) in [7, 11) is 2.12. The van der Waals surface area contributed by atoms with E-state index in [1.807, 2.05) is 12.1 Å². The topological polar surface area (TPSA) is 49.5 Å². The minimum absolute atomic E-state index is 0.260. The molecule has 3 nitrogen and oxygen atoms in total. The number of hydrogen-bond acceptors (Lipinski definition) is 3. The third-order valence-corrected chi connectivity index (χ3v) is 4.15. The van der Waals surface area contributed by atoms with E-state index in [-0.39, 0.29) is 5.41 Å². The lowest BCUT2D eigenvalue weighted by Crippen LogP contribution is -2.20. The van der Waals surface area contributed by atoms with Gasteiger partial charge in [-0.2, -0.15) is 0 Å². The highest BCUT2D eigenvalue weighted by atomic mass is 16.3. The van der Waals surface area contributed by atoms with Crippen LogP contribution in [0.25, 0.3) is 0 Å². The van der Waals surface area contributed by atoms with Crippen molar-refractivity contribution < 1.29 is 5.11 Å². The Morgan fingerprint density at radius 2 is 2.05 bits per heavy atom. The smallest absolute Gasteiger partial charge is 0.120 e. The van der Waals surface area contributed by atoms with Crippen molar-refractivity contribution in [3.8, 4) is 5.75 Å². The van der Waals surface area contributed by atoms with Gasteiger partial charge in [-0.25, -0.2) is 0 Å². The average molecular weight is 276 g/mol. The Kier molecular flexibility index (Phi) is 4.40. The molecule has 3 N–H and O–H groups in total. The normalized spacial score (nSPS) is 24.2. The molecule has 0 amide bonds. The number of benzene rings is 1. The Morgan fingerprint density at radius 3 is 2.60 bits per heavy atom. The molecule has 0 radical (unpaired) electrons. The average Bonchev–Trinajstić information content (AvgIpc) is 2.71. The summed E-state index contributed by atoms with van der Waals surface area (Å²) < 4.78 is 0. The van der Waals surface area contributed by atoms with Crippen molar-refractivity contribution in [2.75, 3.05) is 20.1 Å². The zero-order valence-corrected chi connectivity index (χ0v) is 13.2. The second-order valence-corrected chi connectivity index (χ2v) is 7.42. The van der Waals surface area contributed by atoms with Crippen molar-refractivity contribution in [2.45, 2.75) is 39.7 Å². The maximum Gasteiger partial charge on any atom is 0.120 e. The molecule has 20 heavy (non-hydrogen) atoms. The first kappa shape index (κ1) is 15.3. The molecule has 2 atom stereocenters. The van der Waals surface area contributed by atoms with Crippen LogP contribution in [0.4, 0.5) is 0 Å². The first-order valence-electron chi connectivity index (χ1n) is 7.52. The first-order chi connectivity index (χ1) is 9.30. The molecule has 1 aliphatic rings. The predicted molar refractivity (Wildman–Crippen MR) is 83.8 cm³/mol. The fraction of sp³-hybridized carbons (Fsp3) is 0.647. The third-order valence-electron chi connectivity index (χ3n) is 4.15. The molecular formula is C17H28N2O. The minimum Gasteiger partial charge on any atom is -0.508 e. The molecular weight excluding hydrogens is 248 g/mol. The van der Waals surface area contributed by atoms with Gasteiger partial charge in [-0.1, -0.05) is 32.9 Å². The predicted octanol–water partition coefficient (Wildman–Crippen LogP) is 2.93. The molecule has 0 bridgehead atoms. The Balaban J connectivity index is 2.25. The molecule has 1 saturated heterocycles. The van der Waals surface area contributed by atoms with Gasteiger partial charge in [0.15, 0.2) is 0 Å². The number of hydrogen-bond donors (Lipinski definition) is 2. The van der Waals surface area contributed by atoms with Crippen molar-refractivity contribution in [3.05, 3.63) is 29.3 Å². The van der Waals surface area contributed by atoms with Crippen molar-refractivity contribution in [2.24, 2.45) is 17.1 Å². The molecule has 2 unspecified atom stereocenters. The van der Waals surface area contributed by atoms with E-state index in [2.05, 4.69) is 38.8 Å². The lowest BCUT2D eigenvalue weighted by atomic mass is 9.86. The van der Waals surface area contributed by atoms with Crippen LogP contribution in [-0.4, -0.2) is 30.1 Å². The second-order valence-electron chi connectivity index (χ2n) is 7.42. The fourth-order valence-electron chi connectivity index (χ4n) is 3.23. The maximum atomic E-state index is 10.2. The van der Waals surface area contributed by atoms with Gasteiger partial charge in [0.1, 0.15) is 5.75 Å². The molecule has 3 heteroatoms. The number of phenols is 1.